The van der Waals surface area contributed by atoms with Gasteiger partial charge in [-0.1, -0.05) is 49.6 Å². The van der Waals surface area contributed by atoms with E-state index in [4.69, 9.17) is 0 Å². The highest BCUT2D eigenvalue weighted by Crippen LogP contribution is 2.42. The number of hydrogen-bond donors (Lipinski definition) is 1. The molecule has 27 heavy (non-hydrogen) atoms. The van der Waals surface area contributed by atoms with Crippen molar-refractivity contribution in [3.8, 4) is 0 Å². The van der Waals surface area contributed by atoms with Crippen LogP contribution < -0.4 is 0 Å². The Balaban J connectivity index is 1.54. The van der Waals surface area contributed by atoms with E-state index < -0.39 is 11.5 Å². The van der Waals surface area contributed by atoms with Crippen molar-refractivity contribution in [3.63, 3.8) is 0 Å². The highest BCUT2D eigenvalue weighted by Gasteiger charge is 2.46. The van der Waals surface area contributed by atoms with Gasteiger partial charge in [0.25, 0.3) is 0 Å². The second kappa shape index (κ2) is 7.77. The molecule has 0 spiro atoms. The quantitative estimate of drug-likeness (QED) is 0.905. The lowest BCUT2D eigenvalue weighted by Crippen LogP contribution is -2.47. The fourth-order valence-electron chi connectivity index (χ4n) is 4.77. The van der Waals surface area contributed by atoms with E-state index in [0.717, 1.165) is 36.9 Å². The summed E-state index contributed by atoms with van der Waals surface area (Å²) in [4.78, 5) is 24.0. The number of aromatic nitrogens is 2. The summed E-state index contributed by atoms with van der Waals surface area (Å²) in [7, 11) is 0. The van der Waals surface area contributed by atoms with Crippen LogP contribution in [0.25, 0.3) is 0 Å². The molecule has 1 saturated carbocycles. The monoisotopic (exact) mass is 365 g/mol. The van der Waals surface area contributed by atoms with Crippen molar-refractivity contribution in [3.05, 3.63) is 60.2 Å². The maximum Gasteiger partial charge on any atom is 0.233 e. The van der Waals surface area contributed by atoms with Crippen LogP contribution in [0.5, 0.6) is 0 Å². The van der Waals surface area contributed by atoms with Gasteiger partial charge in [-0.2, -0.15) is 0 Å². The van der Waals surface area contributed by atoms with Crippen molar-refractivity contribution >= 4 is 5.91 Å². The van der Waals surface area contributed by atoms with E-state index in [0.29, 0.717) is 19.5 Å². The van der Waals surface area contributed by atoms with Gasteiger partial charge < -0.3 is 10.0 Å². The first-order valence-electron chi connectivity index (χ1n) is 9.97. The van der Waals surface area contributed by atoms with Gasteiger partial charge in [0, 0.05) is 37.6 Å². The van der Waals surface area contributed by atoms with Crippen LogP contribution in [0, 0.1) is 5.92 Å². The molecule has 5 nitrogen and oxygen atoms in total. The molecule has 2 heterocycles. The third kappa shape index (κ3) is 3.61. The van der Waals surface area contributed by atoms with Crippen molar-refractivity contribution < 1.29 is 9.90 Å². The Morgan fingerprint density at radius 3 is 2.59 bits per heavy atom. The molecule has 2 aliphatic rings. The molecule has 1 saturated heterocycles. The average Bonchev–Trinajstić information content (AvgIpc) is 3.09. The number of carbonyl (C=O) groups is 1. The number of benzene rings is 1. The molecule has 0 radical (unpaired) electrons. The topological polar surface area (TPSA) is 66.3 Å². The standard InChI is InChI=1S/C22H27N3O2/c26-20-16-25(15-17(20)13-19-14-23-11-12-24-19)21(27)22(9-5-2-6-10-22)18-7-3-1-4-8-18/h1,3-4,7-8,11-12,14,17,20,26H,2,5-6,9-10,13,15-16H2/t17-,20-/m1/s1. The van der Waals surface area contributed by atoms with E-state index in [-0.39, 0.29) is 11.8 Å². The Kier molecular flexibility index (Phi) is 5.21. The Morgan fingerprint density at radius 1 is 1.11 bits per heavy atom. The van der Waals surface area contributed by atoms with Crippen molar-refractivity contribution in [1.29, 1.82) is 0 Å². The minimum Gasteiger partial charge on any atom is -0.391 e. The molecule has 4 rings (SSSR count). The maximum absolute atomic E-state index is 13.7. The molecule has 1 aliphatic heterocycles. The van der Waals surface area contributed by atoms with Gasteiger partial charge in [0.05, 0.1) is 17.2 Å². The number of aliphatic hydroxyl groups is 1. The van der Waals surface area contributed by atoms with Gasteiger partial charge in [-0.3, -0.25) is 14.8 Å². The molecule has 1 N–H and O–H groups in total. The van der Waals surface area contributed by atoms with Crippen LogP contribution in [0.3, 0.4) is 0 Å². The average molecular weight is 365 g/mol. The largest absolute Gasteiger partial charge is 0.391 e. The fourth-order valence-corrected chi connectivity index (χ4v) is 4.77. The highest BCUT2D eigenvalue weighted by atomic mass is 16.3. The van der Waals surface area contributed by atoms with Crippen LogP contribution in [0.4, 0.5) is 0 Å². The zero-order chi connectivity index (χ0) is 18.7. The van der Waals surface area contributed by atoms with Crippen LogP contribution in [-0.4, -0.2) is 45.1 Å². The summed E-state index contributed by atoms with van der Waals surface area (Å²) in [5.74, 6) is 0.205. The summed E-state index contributed by atoms with van der Waals surface area (Å²) >= 11 is 0. The lowest BCUT2D eigenvalue weighted by molar-refractivity contribution is -0.138. The zero-order valence-corrected chi connectivity index (χ0v) is 15.6. The normalized spacial score (nSPS) is 24.7. The van der Waals surface area contributed by atoms with Gasteiger partial charge in [-0.25, -0.2) is 0 Å². The van der Waals surface area contributed by atoms with Crippen LogP contribution >= 0.6 is 0 Å². The van der Waals surface area contributed by atoms with Crippen molar-refractivity contribution in [2.45, 2.75) is 50.0 Å². The van der Waals surface area contributed by atoms with Crippen molar-refractivity contribution in [1.82, 2.24) is 14.9 Å². The summed E-state index contributed by atoms with van der Waals surface area (Å²) in [6.07, 6.45) is 10.4. The molecule has 2 aromatic rings. The van der Waals surface area contributed by atoms with E-state index in [2.05, 4.69) is 22.1 Å². The summed E-state index contributed by atoms with van der Waals surface area (Å²) in [6, 6.07) is 10.2. The number of carbonyl (C=O) groups excluding carboxylic acids is 1. The Morgan fingerprint density at radius 2 is 1.89 bits per heavy atom. The summed E-state index contributed by atoms with van der Waals surface area (Å²) < 4.78 is 0. The number of likely N-dealkylation sites (tertiary alicyclic amines) is 1. The van der Waals surface area contributed by atoms with Gasteiger partial charge in [0.1, 0.15) is 0 Å². The second-order valence-corrected chi connectivity index (χ2v) is 7.95. The molecule has 0 bridgehead atoms. The summed E-state index contributed by atoms with van der Waals surface area (Å²) in [6.45, 7) is 1.00. The summed E-state index contributed by atoms with van der Waals surface area (Å²) in [5, 5.41) is 10.6. The Hall–Kier alpha value is -2.27. The van der Waals surface area contributed by atoms with Crippen LogP contribution in [-0.2, 0) is 16.6 Å². The predicted molar refractivity (Wildman–Crippen MR) is 103 cm³/mol. The van der Waals surface area contributed by atoms with Gasteiger partial charge >= 0.3 is 0 Å². The van der Waals surface area contributed by atoms with Gasteiger partial charge in [0.15, 0.2) is 0 Å². The minimum atomic E-state index is -0.507. The minimum absolute atomic E-state index is 0.0158. The lowest BCUT2D eigenvalue weighted by atomic mass is 9.68. The number of rotatable bonds is 4. The van der Waals surface area contributed by atoms with Crippen molar-refractivity contribution in [2.24, 2.45) is 5.92 Å². The maximum atomic E-state index is 13.7. The molecule has 1 amide bonds. The third-order valence-electron chi connectivity index (χ3n) is 6.22. The van der Waals surface area contributed by atoms with Gasteiger partial charge in [0.2, 0.25) is 5.91 Å². The number of β-amino-alcohol motifs (C(OH)–C–C–N with tert-alkyl or cyclic N) is 1. The first-order chi connectivity index (χ1) is 13.2. The first-order valence-corrected chi connectivity index (χ1v) is 9.97. The predicted octanol–water partition coefficient (Wildman–Crippen LogP) is 2.74. The highest BCUT2D eigenvalue weighted by molar-refractivity contribution is 5.88. The first kappa shape index (κ1) is 18.1. The molecular formula is C22H27N3O2. The fraction of sp³-hybridized carbons (Fsp3) is 0.500. The molecule has 2 atom stereocenters. The van der Waals surface area contributed by atoms with Crippen LogP contribution in [0.1, 0.15) is 43.4 Å². The van der Waals surface area contributed by atoms with E-state index in [9.17, 15) is 9.90 Å². The van der Waals surface area contributed by atoms with Gasteiger partial charge in [-0.15, -0.1) is 0 Å². The van der Waals surface area contributed by atoms with Crippen LogP contribution in [0.15, 0.2) is 48.9 Å². The van der Waals surface area contributed by atoms with Gasteiger partial charge in [-0.05, 0) is 24.8 Å². The second-order valence-electron chi connectivity index (χ2n) is 7.95. The smallest absolute Gasteiger partial charge is 0.233 e. The van der Waals surface area contributed by atoms with E-state index in [1.807, 2.05) is 23.1 Å². The number of aliphatic hydroxyl groups excluding tert-OH is 1. The lowest BCUT2D eigenvalue weighted by Gasteiger charge is -2.39. The SMILES string of the molecule is O=C(N1C[C@@H](Cc2cnccn2)[C@H](O)C1)C1(c2ccccc2)CCCCC1. The summed E-state index contributed by atoms with van der Waals surface area (Å²) in [5.41, 5.74) is 1.56. The molecule has 142 valence electrons. The molecule has 1 aliphatic carbocycles. The Labute approximate surface area is 160 Å². The van der Waals surface area contributed by atoms with E-state index in [1.165, 1.54) is 6.42 Å². The molecule has 2 fully saturated rings. The Bertz CT molecular complexity index is 760. The number of hydrogen-bond acceptors (Lipinski definition) is 4. The zero-order valence-electron chi connectivity index (χ0n) is 15.6. The third-order valence-corrected chi connectivity index (χ3v) is 6.22. The van der Waals surface area contributed by atoms with E-state index in [1.54, 1.807) is 18.6 Å². The molecule has 5 heteroatoms. The molecular weight excluding hydrogens is 338 g/mol. The molecule has 1 aromatic heterocycles. The number of nitrogens with zero attached hydrogens (tertiary/aromatic N) is 3. The number of amides is 1. The van der Waals surface area contributed by atoms with Crippen LogP contribution in [0.2, 0.25) is 0 Å². The van der Waals surface area contributed by atoms with Crippen molar-refractivity contribution in [2.75, 3.05) is 13.1 Å². The van der Waals surface area contributed by atoms with E-state index >= 15 is 0 Å². The molecule has 0 unspecified atom stereocenters. The molecule has 1 aromatic carbocycles.